The van der Waals surface area contributed by atoms with E-state index < -0.39 is 5.97 Å². The van der Waals surface area contributed by atoms with E-state index in [1.54, 1.807) is 0 Å². The Morgan fingerprint density at radius 2 is 2.50 bits per heavy atom. The largest absolute Gasteiger partial charge is 0.475 e. The SMILES string of the molecule is CC1CCNC1c1nc(C(=O)O)no1. The fourth-order valence-corrected chi connectivity index (χ4v) is 1.61. The molecule has 1 aromatic rings. The molecule has 2 heterocycles. The van der Waals surface area contributed by atoms with Crippen molar-refractivity contribution in [2.45, 2.75) is 19.4 Å². The molecule has 76 valence electrons. The van der Waals surface area contributed by atoms with Gasteiger partial charge in [0.1, 0.15) is 0 Å². The second kappa shape index (κ2) is 3.38. The summed E-state index contributed by atoms with van der Waals surface area (Å²) in [5.74, 6) is -0.670. The lowest BCUT2D eigenvalue weighted by atomic mass is 10.0. The van der Waals surface area contributed by atoms with Crippen LogP contribution in [0.3, 0.4) is 0 Å². The van der Waals surface area contributed by atoms with Crippen LogP contribution in [0.2, 0.25) is 0 Å². The molecule has 1 aliphatic rings. The molecule has 0 aliphatic carbocycles. The Kier molecular flexibility index (Phi) is 2.20. The van der Waals surface area contributed by atoms with Crippen molar-refractivity contribution in [1.29, 1.82) is 0 Å². The summed E-state index contributed by atoms with van der Waals surface area (Å²) in [5.41, 5.74) is 0. The van der Waals surface area contributed by atoms with Gasteiger partial charge in [-0.25, -0.2) is 4.79 Å². The quantitative estimate of drug-likeness (QED) is 0.715. The van der Waals surface area contributed by atoms with E-state index in [4.69, 9.17) is 9.63 Å². The Bertz CT molecular complexity index is 349. The fourth-order valence-electron chi connectivity index (χ4n) is 1.61. The number of carbonyl (C=O) groups is 1. The van der Waals surface area contributed by atoms with Crippen molar-refractivity contribution in [2.24, 2.45) is 5.92 Å². The summed E-state index contributed by atoms with van der Waals surface area (Å²) in [7, 11) is 0. The zero-order valence-electron chi connectivity index (χ0n) is 7.73. The van der Waals surface area contributed by atoms with Crippen LogP contribution in [0, 0.1) is 5.92 Å². The highest BCUT2D eigenvalue weighted by Crippen LogP contribution is 2.27. The Labute approximate surface area is 80.3 Å². The van der Waals surface area contributed by atoms with Crippen LogP contribution < -0.4 is 5.32 Å². The van der Waals surface area contributed by atoms with Gasteiger partial charge in [-0.2, -0.15) is 4.98 Å². The van der Waals surface area contributed by atoms with Gasteiger partial charge < -0.3 is 14.9 Å². The molecule has 2 rings (SSSR count). The first-order valence-corrected chi connectivity index (χ1v) is 4.49. The minimum Gasteiger partial charge on any atom is -0.475 e. The lowest BCUT2D eigenvalue weighted by Crippen LogP contribution is -2.17. The van der Waals surface area contributed by atoms with Crippen LogP contribution in [0.25, 0.3) is 0 Å². The summed E-state index contributed by atoms with van der Waals surface area (Å²) in [6.07, 6.45) is 1.04. The molecule has 0 aromatic carbocycles. The van der Waals surface area contributed by atoms with Gasteiger partial charge in [-0.15, -0.1) is 0 Å². The molecule has 1 aromatic heterocycles. The van der Waals surface area contributed by atoms with Crippen LogP contribution in [0.1, 0.15) is 35.9 Å². The van der Waals surface area contributed by atoms with Gasteiger partial charge in [0.2, 0.25) is 5.89 Å². The van der Waals surface area contributed by atoms with Crippen molar-refractivity contribution in [3.8, 4) is 0 Å². The molecule has 0 bridgehead atoms. The molecule has 2 N–H and O–H groups in total. The van der Waals surface area contributed by atoms with E-state index in [2.05, 4.69) is 22.4 Å². The maximum absolute atomic E-state index is 10.5. The van der Waals surface area contributed by atoms with Gasteiger partial charge in [0, 0.05) is 0 Å². The number of carboxylic acid groups (broad SMARTS) is 1. The maximum Gasteiger partial charge on any atom is 0.377 e. The number of aromatic nitrogens is 2. The molecular weight excluding hydrogens is 186 g/mol. The highest BCUT2D eigenvalue weighted by Gasteiger charge is 2.30. The van der Waals surface area contributed by atoms with Crippen LogP contribution in [-0.2, 0) is 0 Å². The molecule has 14 heavy (non-hydrogen) atoms. The molecule has 6 heteroatoms. The average Bonchev–Trinajstić information content (AvgIpc) is 2.71. The summed E-state index contributed by atoms with van der Waals surface area (Å²) in [6, 6.07) is -0.00407. The van der Waals surface area contributed by atoms with E-state index in [-0.39, 0.29) is 11.9 Å². The van der Waals surface area contributed by atoms with E-state index in [1.807, 2.05) is 0 Å². The van der Waals surface area contributed by atoms with Gasteiger partial charge in [-0.05, 0) is 24.0 Å². The molecule has 0 spiro atoms. The van der Waals surface area contributed by atoms with Crippen molar-refractivity contribution in [3.63, 3.8) is 0 Å². The Morgan fingerprint density at radius 1 is 1.71 bits per heavy atom. The molecule has 0 saturated carbocycles. The van der Waals surface area contributed by atoms with Crippen LogP contribution in [0.4, 0.5) is 0 Å². The van der Waals surface area contributed by atoms with Crippen molar-refractivity contribution in [1.82, 2.24) is 15.5 Å². The number of carboxylic acids is 1. The second-order valence-corrected chi connectivity index (χ2v) is 3.46. The highest BCUT2D eigenvalue weighted by atomic mass is 16.5. The number of hydrogen-bond acceptors (Lipinski definition) is 5. The van der Waals surface area contributed by atoms with Crippen LogP contribution >= 0.6 is 0 Å². The fraction of sp³-hybridized carbons (Fsp3) is 0.625. The third kappa shape index (κ3) is 1.48. The first-order valence-electron chi connectivity index (χ1n) is 4.49. The molecular formula is C8H11N3O3. The molecule has 2 atom stereocenters. The average molecular weight is 197 g/mol. The van der Waals surface area contributed by atoms with E-state index in [0.717, 1.165) is 13.0 Å². The summed E-state index contributed by atoms with van der Waals surface area (Å²) in [6.45, 7) is 2.96. The van der Waals surface area contributed by atoms with Crippen LogP contribution in [0.15, 0.2) is 4.52 Å². The standard InChI is InChI=1S/C8H11N3O3/c1-4-2-3-9-5(4)7-10-6(8(12)13)11-14-7/h4-5,9H,2-3H2,1H3,(H,12,13). The molecule has 1 fully saturated rings. The smallest absolute Gasteiger partial charge is 0.377 e. The third-order valence-electron chi connectivity index (χ3n) is 2.43. The molecule has 0 amide bonds. The third-order valence-corrected chi connectivity index (χ3v) is 2.43. The lowest BCUT2D eigenvalue weighted by molar-refractivity contribution is 0.0680. The number of aromatic carboxylic acids is 1. The molecule has 1 saturated heterocycles. The van der Waals surface area contributed by atoms with Gasteiger partial charge in [0.25, 0.3) is 5.82 Å². The molecule has 1 aliphatic heterocycles. The minimum atomic E-state index is -1.16. The number of nitrogens with zero attached hydrogens (tertiary/aromatic N) is 2. The first kappa shape index (κ1) is 9.14. The molecule has 0 radical (unpaired) electrons. The number of nitrogens with one attached hydrogen (secondary N) is 1. The Hall–Kier alpha value is -1.43. The van der Waals surface area contributed by atoms with E-state index >= 15 is 0 Å². The van der Waals surface area contributed by atoms with Crippen molar-refractivity contribution in [3.05, 3.63) is 11.7 Å². The van der Waals surface area contributed by atoms with Crippen molar-refractivity contribution < 1.29 is 14.4 Å². The molecule has 2 unspecified atom stereocenters. The van der Waals surface area contributed by atoms with Crippen LogP contribution in [0.5, 0.6) is 0 Å². The van der Waals surface area contributed by atoms with E-state index in [0.29, 0.717) is 11.8 Å². The van der Waals surface area contributed by atoms with Gasteiger partial charge in [-0.1, -0.05) is 6.92 Å². The van der Waals surface area contributed by atoms with Crippen LogP contribution in [-0.4, -0.2) is 27.8 Å². The van der Waals surface area contributed by atoms with Gasteiger partial charge in [-0.3, -0.25) is 0 Å². The van der Waals surface area contributed by atoms with Crippen molar-refractivity contribution in [2.75, 3.05) is 6.54 Å². The normalized spacial score (nSPS) is 26.6. The molecule has 6 nitrogen and oxygen atoms in total. The summed E-state index contributed by atoms with van der Waals surface area (Å²) >= 11 is 0. The first-order chi connectivity index (χ1) is 6.68. The predicted octanol–water partition coefficient (Wildman–Crippen LogP) is 0.438. The highest BCUT2D eigenvalue weighted by molar-refractivity contribution is 5.82. The topological polar surface area (TPSA) is 88.2 Å². The Balaban J connectivity index is 2.20. The van der Waals surface area contributed by atoms with Gasteiger partial charge in [0.05, 0.1) is 6.04 Å². The summed E-state index contributed by atoms with van der Waals surface area (Å²) in [4.78, 5) is 14.3. The summed E-state index contributed by atoms with van der Waals surface area (Å²) in [5, 5.41) is 15.2. The predicted molar refractivity (Wildman–Crippen MR) is 45.8 cm³/mol. The van der Waals surface area contributed by atoms with Crippen molar-refractivity contribution >= 4 is 5.97 Å². The number of rotatable bonds is 2. The summed E-state index contributed by atoms with van der Waals surface area (Å²) < 4.78 is 4.88. The Morgan fingerprint density at radius 3 is 3.00 bits per heavy atom. The maximum atomic E-state index is 10.5. The lowest BCUT2D eigenvalue weighted by Gasteiger charge is -2.08. The number of hydrogen-bond donors (Lipinski definition) is 2. The zero-order valence-corrected chi connectivity index (χ0v) is 7.73. The van der Waals surface area contributed by atoms with Gasteiger partial charge >= 0.3 is 5.97 Å². The van der Waals surface area contributed by atoms with Gasteiger partial charge in [0.15, 0.2) is 0 Å². The second-order valence-electron chi connectivity index (χ2n) is 3.46. The van der Waals surface area contributed by atoms with E-state index in [1.165, 1.54) is 0 Å². The monoisotopic (exact) mass is 197 g/mol. The van der Waals surface area contributed by atoms with E-state index in [9.17, 15) is 4.79 Å². The zero-order chi connectivity index (χ0) is 10.1. The minimum absolute atomic E-state index is 0.00407.